The van der Waals surface area contributed by atoms with Crippen molar-refractivity contribution in [1.29, 1.82) is 0 Å². The van der Waals surface area contributed by atoms with Gasteiger partial charge in [0.25, 0.3) is 0 Å². The van der Waals surface area contributed by atoms with Crippen molar-refractivity contribution in [3.05, 3.63) is 11.6 Å². The lowest BCUT2D eigenvalue weighted by Gasteiger charge is -2.59. The van der Waals surface area contributed by atoms with Gasteiger partial charge >= 0.3 is 5.97 Å². The number of allylic oxidation sites excluding steroid dienone is 1. The Hall–Kier alpha value is -1.82. The first-order chi connectivity index (χ1) is 16.4. The van der Waals surface area contributed by atoms with Gasteiger partial charge in [0, 0.05) is 11.8 Å². The largest absolute Gasteiger partial charge is 0.461 e. The second kappa shape index (κ2) is 11.5. The first-order valence-electron chi connectivity index (χ1n) is 13.4. The van der Waals surface area contributed by atoms with E-state index in [0.717, 1.165) is 31.1 Å². The molecule has 3 fully saturated rings. The second-order valence-corrected chi connectivity index (χ2v) is 11.4. The number of carbonyl (C=O) groups is 4. The van der Waals surface area contributed by atoms with Gasteiger partial charge < -0.3 is 19.4 Å². The van der Waals surface area contributed by atoms with Gasteiger partial charge in [0.15, 0.2) is 5.78 Å². The molecular weight excluding hydrogens is 444 g/mol. The van der Waals surface area contributed by atoms with Crippen LogP contribution < -0.4 is 0 Å². The lowest BCUT2D eigenvalue weighted by Crippen LogP contribution is -2.58. The molecule has 0 heterocycles. The Bertz CT molecular complexity index is 842. The molecule has 0 aromatic rings. The maximum Gasteiger partial charge on any atom is 0.305 e. The standard InChI is InChI=1S/C24H34O5.C3H6O.C2H6/c1-5-20(28)29-22-13(2)8-17-16-7-6-15-9-18(26)14(12-25)10-23(15,3)21(16)19(27)11-24(17,22)4;1-3(2)4;1-2/h9,12-14,16-17,19,21-22,27H,5-8,10-11H2,1-4H3;1-2H3;1-2H3/t13?,14?,16?,17?,19?,21?,22-,23?,24?;;/m1../s1. The number of hydrogen-bond donors (Lipinski definition) is 1. The van der Waals surface area contributed by atoms with E-state index >= 15 is 0 Å². The SMILES string of the molecule is CC.CC(C)=O.CCC(=O)O[C@@H]1C(C)CC2C3CCC4=CC(=O)C(C=O)CC4(C)C3C(O)CC21C. The van der Waals surface area contributed by atoms with E-state index in [2.05, 4.69) is 20.8 Å². The van der Waals surface area contributed by atoms with Gasteiger partial charge in [-0.05, 0) is 81.1 Å². The molecule has 198 valence electrons. The van der Waals surface area contributed by atoms with Gasteiger partial charge in [-0.2, -0.15) is 0 Å². The first-order valence-corrected chi connectivity index (χ1v) is 13.4. The van der Waals surface area contributed by atoms with E-state index in [1.54, 1.807) is 6.08 Å². The third-order valence-corrected chi connectivity index (χ3v) is 8.93. The van der Waals surface area contributed by atoms with Crippen LogP contribution in [0.1, 0.15) is 93.9 Å². The molecule has 0 saturated heterocycles. The van der Waals surface area contributed by atoms with Crippen LogP contribution in [0.15, 0.2) is 11.6 Å². The number of rotatable bonds is 3. The molecule has 0 amide bonds. The molecule has 3 saturated carbocycles. The van der Waals surface area contributed by atoms with E-state index in [0.29, 0.717) is 31.1 Å². The molecule has 6 nitrogen and oxygen atoms in total. The van der Waals surface area contributed by atoms with Gasteiger partial charge in [0.1, 0.15) is 18.2 Å². The second-order valence-electron chi connectivity index (χ2n) is 11.4. The quantitative estimate of drug-likeness (QED) is 0.336. The van der Waals surface area contributed by atoms with Crippen LogP contribution >= 0.6 is 0 Å². The van der Waals surface area contributed by atoms with Gasteiger partial charge in [-0.1, -0.05) is 47.1 Å². The Labute approximate surface area is 211 Å². The van der Waals surface area contributed by atoms with E-state index in [9.17, 15) is 24.3 Å². The minimum Gasteiger partial charge on any atom is -0.461 e. The summed E-state index contributed by atoms with van der Waals surface area (Å²) in [5, 5.41) is 11.4. The molecule has 4 aliphatic carbocycles. The van der Waals surface area contributed by atoms with Gasteiger partial charge in [0.05, 0.1) is 12.0 Å². The average molecular weight is 491 g/mol. The lowest BCUT2D eigenvalue weighted by atomic mass is 9.46. The molecular formula is C29H46O6. The number of fused-ring (bicyclic) bond motifs is 5. The van der Waals surface area contributed by atoms with Crippen molar-refractivity contribution in [2.24, 2.45) is 40.4 Å². The summed E-state index contributed by atoms with van der Waals surface area (Å²) in [5.41, 5.74) is 0.575. The van der Waals surface area contributed by atoms with Crippen LogP contribution in [0.4, 0.5) is 0 Å². The number of carbonyl (C=O) groups excluding carboxylic acids is 4. The molecule has 35 heavy (non-hydrogen) atoms. The summed E-state index contributed by atoms with van der Waals surface area (Å²) in [7, 11) is 0. The minimum absolute atomic E-state index is 0.0453. The summed E-state index contributed by atoms with van der Waals surface area (Å²) < 4.78 is 5.90. The summed E-state index contributed by atoms with van der Waals surface area (Å²) in [6.45, 7) is 15.4. The minimum atomic E-state index is -0.594. The molecule has 9 atom stereocenters. The molecule has 0 aliphatic heterocycles. The Balaban J connectivity index is 0.000000655. The molecule has 6 heteroatoms. The molecule has 0 bridgehead atoms. The van der Waals surface area contributed by atoms with E-state index in [4.69, 9.17) is 4.74 Å². The monoisotopic (exact) mass is 490 g/mol. The highest BCUT2D eigenvalue weighted by Crippen LogP contribution is 2.66. The number of ether oxygens (including phenoxy) is 1. The molecule has 4 aliphatic rings. The predicted octanol–water partition coefficient (Wildman–Crippen LogP) is 5.10. The van der Waals surface area contributed by atoms with Crippen molar-refractivity contribution in [3.63, 3.8) is 0 Å². The summed E-state index contributed by atoms with van der Waals surface area (Å²) in [5.74, 6) is 0.341. The molecule has 4 rings (SSSR count). The number of aldehydes is 1. The lowest BCUT2D eigenvalue weighted by molar-refractivity contribution is -0.173. The number of aliphatic hydroxyl groups excluding tert-OH is 1. The van der Waals surface area contributed by atoms with Crippen molar-refractivity contribution in [2.75, 3.05) is 0 Å². The highest BCUT2D eigenvalue weighted by molar-refractivity contribution is 6.02. The van der Waals surface area contributed by atoms with Crippen LogP contribution in [-0.4, -0.2) is 41.1 Å². The average Bonchev–Trinajstić information content (AvgIpc) is 3.04. The van der Waals surface area contributed by atoms with Crippen LogP contribution in [0.3, 0.4) is 0 Å². The Morgan fingerprint density at radius 1 is 1.20 bits per heavy atom. The highest BCUT2D eigenvalue weighted by atomic mass is 16.5. The zero-order valence-corrected chi connectivity index (χ0v) is 22.9. The fourth-order valence-electron chi connectivity index (χ4n) is 7.73. The summed E-state index contributed by atoms with van der Waals surface area (Å²) >= 11 is 0. The number of ketones is 2. The third kappa shape index (κ3) is 5.47. The van der Waals surface area contributed by atoms with Crippen LogP contribution in [0.5, 0.6) is 0 Å². The Morgan fingerprint density at radius 3 is 2.34 bits per heavy atom. The fraction of sp³-hybridized carbons (Fsp3) is 0.793. The first kappa shape index (κ1) is 29.4. The van der Waals surface area contributed by atoms with E-state index in [1.165, 1.54) is 13.8 Å². The normalized spacial score (nSPS) is 41.3. The third-order valence-electron chi connectivity index (χ3n) is 8.93. The molecule has 0 aromatic carbocycles. The molecule has 0 radical (unpaired) electrons. The molecule has 0 spiro atoms. The number of hydrogen-bond acceptors (Lipinski definition) is 6. The smallest absolute Gasteiger partial charge is 0.305 e. The highest BCUT2D eigenvalue weighted by Gasteiger charge is 2.64. The number of esters is 1. The van der Waals surface area contributed by atoms with Crippen molar-refractivity contribution in [2.45, 2.75) is 106 Å². The van der Waals surface area contributed by atoms with Crippen molar-refractivity contribution in [3.8, 4) is 0 Å². The van der Waals surface area contributed by atoms with Crippen LogP contribution in [0.25, 0.3) is 0 Å². The topological polar surface area (TPSA) is 97.7 Å². The van der Waals surface area contributed by atoms with Crippen LogP contribution in [-0.2, 0) is 23.9 Å². The molecule has 1 N–H and O–H groups in total. The zero-order valence-electron chi connectivity index (χ0n) is 22.9. The Kier molecular flexibility index (Phi) is 9.66. The van der Waals surface area contributed by atoms with Gasteiger partial charge in [-0.3, -0.25) is 9.59 Å². The summed E-state index contributed by atoms with van der Waals surface area (Å²) in [6, 6.07) is 0. The zero-order chi connectivity index (χ0) is 26.7. The van der Waals surface area contributed by atoms with Gasteiger partial charge in [-0.15, -0.1) is 0 Å². The molecule has 8 unspecified atom stereocenters. The fourth-order valence-corrected chi connectivity index (χ4v) is 7.73. The number of Topliss-reactive ketones (excluding diaryl/α,β-unsaturated/α-hetero) is 1. The summed E-state index contributed by atoms with van der Waals surface area (Å²) in [6.07, 6.45) is 6.07. The number of aliphatic hydroxyl groups is 1. The van der Waals surface area contributed by atoms with Crippen LogP contribution in [0.2, 0.25) is 0 Å². The summed E-state index contributed by atoms with van der Waals surface area (Å²) in [4.78, 5) is 45.3. The van der Waals surface area contributed by atoms with E-state index in [1.807, 2.05) is 20.8 Å². The van der Waals surface area contributed by atoms with Gasteiger partial charge in [-0.25, -0.2) is 0 Å². The Morgan fingerprint density at radius 2 is 1.80 bits per heavy atom. The van der Waals surface area contributed by atoms with E-state index in [-0.39, 0.29) is 46.3 Å². The van der Waals surface area contributed by atoms with Gasteiger partial charge in [0.2, 0.25) is 0 Å². The van der Waals surface area contributed by atoms with Crippen molar-refractivity contribution in [1.82, 2.24) is 0 Å². The van der Waals surface area contributed by atoms with Crippen molar-refractivity contribution >= 4 is 23.8 Å². The van der Waals surface area contributed by atoms with E-state index < -0.39 is 12.0 Å². The van der Waals surface area contributed by atoms with Crippen molar-refractivity contribution < 1.29 is 29.0 Å². The maximum atomic E-state index is 12.3. The molecule has 0 aromatic heterocycles. The maximum absolute atomic E-state index is 12.3. The predicted molar refractivity (Wildman–Crippen MR) is 135 cm³/mol. The van der Waals surface area contributed by atoms with Crippen LogP contribution in [0, 0.1) is 40.4 Å².